The molecule has 78 valence electrons. The van der Waals surface area contributed by atoms with Crippen LogP contribution in [0.25, 0.3) is 0 Å². The lowest BCUT2D eigenvalue weighted by Gasteiger charge is -2.09. The molecule has 0 aliphatic carbocycles. The Bertz CT molecular complexity index is 414. The maximum Gasteiger partial charge on any atom is 0.298 e. The zero-order chi connectivity index (χ0) is 9.90. The standard InChI is InChI=1S/C7H6O5S.H3N/c8-5-12-6-3-1-2-4-7(6)13(9,10)11;/h1-5H,(H,9,10,11);1H3. The minimum Gasteiger partial charge on any atom is -0.744 e. The van der Waals surface area contributed by atoms with E-state index in [-0.39, 0.29) is 18.4 Å². The average Bonchev–Trinajstić information content (AvgIpc) is 2.04. The van der Waals surface area contributed by atoms with Crippen LogP contribution < -0.4 is 10.9 Å². The highest BCUT2D eigenvalue weighted by Crippen LogP contribution is 2.21. The lowest BCUT2D eigenvalue weighted by Crippen LogP contribution is -2.02. The Kier molecular flexibility index (Phi) is 4.22. The molecular formula is C7H9NO5S. The SMILES string of the molecule is O=COc1ccccc1S(=O)(=O)[O-].[NH4+]. The Morgan fingerprint density at radius 1 is 1.29 bits per heavy atom. The summed E-state index contributed by atoms with van der Waals surface area (Å²) in [5.41, 5.74) is 0. The van der Waals surface area contributed by atoms with Crippen molar-refractivity contribution in [3.63, 3.8) is 0 Å². The first-order valence-electron chi connectivity index (χ1n) is 3.21. The maximum absolute atomic E-state index is 10.6. The number of rotatable bonds is 3. The molecule has 1 aromatic carbocycles. The van der Waals surface area contributed by atoms with Gasteiger partial charge in [-0.3, -0.25) is 4.79 Å². The van der Waals surface area contributed by atoms with Gasteiger partial charge >= 0.3 is 0 Å². The summed E-state index contributed by atoms with van der Waals surface area (Å²) in [5, 5.41) is 0. The van der Waals surface area contributed by atoms with Gasteiger partial charge in [-0.25, -0.2) is 8.42 Å². The first kappa shape index (κ1) is 12.6. The minimum atomic E-state index is -4.59. The summed E-state index contributed by atoms with van der Waals surface area (Å²) < 4.78 is 36.0. The van der Waals surface area contributed by atoms with Crippen molar-refractivity contribution in [2.45, 2.75) is 4.90 Å². The molecule has 0 saturated heterocycles. The molecule has 1 rings (SSSR count). The Morgan fingerprint density at radius 3 is 2.36 bits per heavy atom. The lowest BCUT2D eigenvalue weighted by atomic mass is 10.3. The Labute approximate surface area is 80.8 Å². The highest BCUT2D eigenvalue weighted by Gasteiger charge is 2.08. The quantitative estimate of drug-likeness (QED) is 0.586. The molecule has 0 fully saturated rings. The summed E-state index contributed by atoms with van der Waals surface area (Å²) in [4.78, 5) is 9.39. The molecular weight excluding hydrogens is 210 g/mol. The molecule has 14 heavy (non-hydrogen) atoms. The van der Waals surface area contributed by atoms with E-state index < -0.39 is 15.0 Å². The molecule has 0 aliphatic heterocycles. The molecule has 7 heteroatoms. The van der Waals surface area contributed by atoms with E-state index in [2.05, 4.69) is 4.74 Å². The summed E-state index contributed by atoms with van der Waals surface area (Å²) in [6.45, 7) is 0.0595. The number of quaternary nitrogens is 1. The maximum atomic E-state index is 10.6. The fourth-order valence-electron chi connectivity index (χ4n) is 0.806. The van der Waals surface area contributed by atoms with Crippen molar-refractivity contribution in [1.29, 1.82) is 0 Å². The number of hydrogen-bond acceptors (Lipinski definition) is 5. The van der Waals surface area contributed by atoms with Crippen LogP contribution in [0.2, 0.25) is 0 Å². The van der Waals surface area contributed by atoms with Crippen molar-refractivity contribution < 1.29 is 22.5 Å². The van der Waals surface area contributed by atoms with Crippen LogP contribution in [-0.4, -0.2) is 19.4 Å². The first-order valence-corrected chi connectivity index (χ1v) is 4.62. The summed E-state index contributed by atoms with van der Waals surface area (Å²) in [6.07, 6.45) is 0. The summed E-state index contributed by atoms with van der Waals surface area (Å²) in [7, 11) is -4.59. The monoisotopic (exact) mass is 219 g/mol. The molecule has 0 unspecified atom stereocenters. The zero-order valence-corrected chi connectivity index (χ0v) is 8.15. The largest absolute Gasteiger partial charge is 0.744 e. The number of para-hydroxylation sites is 1. The van der Waals surface area contributed by atoms with Gasteiger partial charge in [-0.05, 0) is 12.1 Å². The summed E-state index contributed by atoms with van der Waals surface area (Å²) in [6, 6.07) is 5.11. The number of ether oxygens (including phenoxy) is 1. The minimum absolute atomic E-state index is 0. The molecule has 0 amide bonds. The van der Waals surface area contributed by atoms with Gasteiger partial charge in [-0.1, -0.05) is 12.1 Å². The van der Waals surface area contributed by atoms with Crippen LogP contribution in [-0.2, 0) is 14.9 Å². The van der Waals surface area contributed by atoms with E-state index in [1.165, 1.54) is 18.2 Å². The van der Waals surface area contributed by atoms with Crippen LogP contribution in [0.1, 0.15) is 0 Å². The molecule has 0 bridgehead atoms. The van der Waals surface area contributed by atoms with Crippen molar-refractivity contribution in [3.05, 3.63) is 24.3 Å². The van der Waals surface area contributed by atoms with E-state index in [4.69, 9.17) is 0 Å². The second-order valence-electron chi connectivity index (χ2n) is 2.11. The smallest absolute Gasteiger partial charge is 0.298 e. The Morgan fingerprint density at radius 2 is 1.86 bits per heavy atom. The van der Waals surface area contributed by atoms with Crippen LogP contribution in [0, 0.1) is 0 Å². The Hall–Kier alpha value is -1.44. The van der Waals surface area contributed by atoms with Crippen LogP contribution in [0.5, 0.6) is 5.75 Å². The topological polar surface area (TPSA) is 120 Å². The molecule has 0 spiro atoms. The fraction of sp³-hybridized carbons (Fsp3) is 0. The third-order valence-electron chi connectivity index (χ3n) is 1.29. The fourth-order valence-corrected chi connectivity index (χ4v) is 1.41. The zero-order valence-electron chi connectivity index (χ0n) is 7.34. The highest BCUT2D eigenvalue weighted by atomic mass is 32.2. The van der Waals surface area contributed by atoms with Crippen LogP contribution in [0.4, 0.5) is 0 Å². The van der Waals surface area contributed by atoms with E-state index in [1.54, 1.807) is 0 Å². The number of hydrogen-bond donors (Lipinski definition) is 1. The number of carbonyl (C=O) groups is 1. The normalized spacial score (nSPS) is 10.1. The highest BCUT2D eigenvalue weighted by molar-refractivity contribution is 7.85. The predicted molar refractivity (Wildman–Crippen MR) is 47.1 cm³/mol. The average molecular weight is 219 g/mol. The van der Waals surface area contributed by atoms with E-state index in [0.29, 0.717) is 0 Å². The molecule has 0 atom stereocenters. The summed E-state index contributed by atoms with van der Waals surface area (Å²) in [5.74, 6) is -0.257. The third kappa shape index (κ3) is 2.80. The molecule has 0 saturated carbocycles. The second kappa shape index (κ2) is 4.70. The molecule has 0 radical (unpaired) electrons. The van der Waals surface area contributed by atoms with Gasteiger partial charge in [0.2, 0.25) is 0 Å². The van der Waals surface area contributed by atoms with E-state index in [0.717, 1.165) is 6.07 Å². The van der Waals surface area contributed by atoms with Gasteiger partial charge in [0.1, 0.15) is 15.9 Å². The molecule has 4 N–H and O–H groups in total. The molecule has 6 nitrogen and oxygen atoms in total. The number of benzene rings is 1. The van der Waals surface area contributed by atoms with Crippen LogP contribution in [0.15, 0.2) is 29.2 Å². The van der Waals surface area contributed by atoms with Gasteiger partial charge in [0.25, 0.3) is 6.47 Å². The van der Waals surface area contributed by atoms with Gasteiger partial charge in [0, 0.05) is 0 Å². The second-order valence-corrected chi connectivity index (χ2v) is 3.46. The van der Waals surface area contributed by atoms with Gasteiger partial charge in [0.15, 0.2) is 0 Å². The molecule has 0 heterocycles. The van der Waals surface area contributed by atoms with Gasteiger partial charge in [0.05, 0.1) is 4.90 Å². The van der Waals surface area contributed by atoms with Gasteiger partial charge < -0.3 is 15.4 Å². The van der Waals surface area contributed by atoms with Crippen LogP contribution in [0.3, 0.4) is 0 Å². The predicted octanol–water partition coefficient (Wildman–Crippen LogP) is 0.502. The number of carbonyl (C=O) groups excluding carboxylic acids is 1. The van der Waals surface area contributed by atoms with E-state index >= 15 is 0 Å². The van der Waals surface area contributed by atoms with Crippen molar-refractivity contribution in [3.8, 4) is 5.75 Å². The van der Waals surface area contributed by atoms with Crippen molar-refractivity contribution >= 4 is 16.6 Å². The van der Waals surface area contributed by atoms with E-state index in [9.17, 15) is 17.8 Å². The first-order chi connectivity index (χ1) is 6.05. The van der Waals surface area contributed by atoms with Crippen molar-refractivity contribution in [2.24, 2.45) is 0 Å². The van der Waals surface area contributed by atoms with Gasteiger partial charge in [-0.15, -0.1) is 0 Å². The van der Waals surface area contributed by atoms with Gasteiger partial charge in [-0.2, -0.15) is 0 Å². The van der Waals surface area contributed by atoms with Crippen molar-refractivity contribution in [2.75, 3.05) is 0 Å². The van der Waals surface area contributed by atoms with Crippen molar-refractivity contribution in [1.82, 2.24) is 6.15 Å². The Balaban J connectivity index is 0.00000169. The molecule has 0 aliphatic rings. The van der Waals surface area contributed by atoms with E-state index in [1.807, 2.05) is 0 Å². The lowest BCUT2D eigenvalue weighted by molar-refractivity contribution is -0.120. The molecule has 1 aromatic rings. The molecule has 0 aromatic heterocycles. The summed E-state index contributed by atoms with van der Waals surface area (Å²) >= 11 is 0. The van der Waals surface area contributed by atoms with Crippen LogP contribution >= 0.6 is 0 Å². The third-order valence-corrected chi connectivity index (χ3v) is 2.17.